The van der Waals surface area contributed by atoms with Gasteiger partial charge in [0.2, 0.25) is 5.91 Å². The highest BCUT2D eigenvalue weighted by Crippen LogP contribution is 2.39. The van der Waals surface area contributed by atoms with Crippen molar-refractivity contribution in [2.24, 2.45) is 0 Å². The summed E-state index contributed by atoms with van der Waals surface area (Å²) in [6.45, 7) is 4.74. The number of anilines is 1. The maximum Gasteiger partial charge on any atom is 0.270 e. The van der Waals surface area contributed by atoms with Crippen molar-refractivity contribution in [1.29, 1.82) is 0 Å². The average Bonchev–Trinajstić information content (AvgIpc) is 3.26. The van der Waals surface area contributed by atoms with Crippen molar-refractivity contribution >= 4 is 11.7 Å². The minimum Gasteiger partial charge on any atom is -0.311 e. The van der Waals surface area contributed by atoms with Crippen LogP contribution in [-0.2, 0) is 11.3 Å². The summed E-state index contributed by atoms with van der Waals surface area (Å²) >= 11 is 0. The molecule has 3 heterocycles. The van der Waals surface area contributed by atoms with Crippen LogP contribution >= 0.6 is 0 Å². The molecule has 1 atom stereocenters. The number of carbonyl (C=O) groups is 1. The molecule has 1 aliphatic carbocycles. The molecule has 2 aromatic rings. The molecule has 2 aromatic heterocycles. The lowest BCUT2D eigenvalue weighted by molar-refractivity contribution is -0.116. The lowest BCUT2D eigenvalue weighted by atomic mass is 9.87. The summed E-state index contributed by atoms with van der Waals surface area (Å²) in [5.74, 6) is 0.402. The number of amides is 1. The predicted molar refractivity (Wildman–Crippen MR) is 90.3 cm³/mol. The number of carbonyl (C=O) groups excluding carboxylic acids is 1. The van der Waals surface area contributed by atoms with E-state index >= 15 is 0 Å². The first-order chi connectivity index (χ1) is 11.6. The van der Waals surface area contributed by atoms with Crippen LogP contribution in [-0.4, -0.2) is 25.5 Å². The lowest BCUT2D eigenvalue weighted by Gasteiger charge is -2.24. The Morgan fingerprint density at radius 3 is 2.71 bits per heavy atom. The molecule has 0 saturated heterocycles. The summed E-state index contributed by atoms with van der Waals surface area (Å²) < 4.78 is 3.76. The average molecular weight is 329 g/mol. The molecule has 4 rings (SSSR count). The molecule has 1 amide bonds. The Labute approximate surface area is 140 Å². The Morgan fingerprint density at radius 2 is 2.04 bits per heavy atom. The highest BCUT2D eigenvalue weighted by Gasteiger charge is 2.35. The fourth-order valence-electron chi connectivity index (χ4n) is 4.12. The molecule has 0 spiro atoms. The van der Waals surface area contributed by atoms with Gasteiger partial charge in [0.15, 0.2) is 0 Å². The first kappa shape index (κ1) is 15.2. The van der Waals surface area contributed by atoms with Crippen LogP contribution < -0.4 is 10.9 Å². The van der Waals surface area contributed by atoms with Crippen LogP contribution in [0, 0.1) is 6.92 Å². The van der Waals surface area contributed by atoms with E-state index in [1.165, 1.54) is 12.8 Å². The van der Waals surface area contributed by atoms with Crippen LogP contribution in [0.3, 0.4) is 0 Å². The van der Waals surface area contributed by atoms with E-state index in [1.54, 1.807) is 0 Å². The quantitative estimate of drug-likeness (QED) is 0.906. The maximum absolute atomic E-state index is 12.7. The monoisotopic (exact) mass is 329 g/mol. The van der Waals surface area contributed by atoms with Gasteiger partial charge in [0.05, 0.1) is 17.3 Å². The molecule has 24 heavy (non-hydrogen) atoms. The second-order valence-electron chi connectivity index (χ2n) is 6.84. The number of nitrogens with zero attached hydrogens (tertiary/aromatic N) is 3. The van der Waals surface area contributed by atoms with Crippen molar-refractivity contribution in [3.8, 4) is 0 Å². The molecule has 0 radical (unpaired) electrons. The molecule has 1 saturated carbocycles. The zero-order valence-electron chi connectivity index (χ0n) is 14.1. The maximum atomic E-state index is 12.7. The van der Waals surface area contributed by atoms with Gasteiger partial charge in [-0.3, -0.25) is 24.1 Å². The van der Waals surface area contributed by atoms with Crippen molar-refractivity contribution in [3.63, 3.8) is 0 Å². The molecule has 128 valence electrons. The summed E-state index contributed by atoms with van der Waals surface area (Å²) in [5.41, 5.74) is 2.45. The zero-order chi connectivity index (χ0) is 16.8. The van der Waals surface area contributed by atoms with E-state index in [1.807, 2.05) is 29.4 Å². The van der Waals surface area contributed by atoms with Gasteiger partial charge in [0, 0.05) is 30.6 Å². The SMILES string of the molecule is CCn1cc([C@H]2CC(=O)Nc3c2c(=O)[nH]n3C2CCCC2)c(C)n1. The highest BCUT2D eigenvalue weighted by atomic mass is 16.2. The number of aryl methyl sites for hydroxylation is 2. The second kappa shape index (κ2) is 5.65. The fourth-order valence-corrected chi connectivity index (χ4v) is 4.12. The minimum absolute atomic E-state index is 0.0399. The van der Waals surface area contributed by atoms with Crippen LogP contribution in [0.25, 0.3) is 0 Å². The number of hydrogen-bond acceptors (Lipinski definition) is 3. The van der Waals surface area contributed by atoms with Crippen LogP contribution in [0.4, 0.5) is 5.82 Å². The number of H-pyrrole nitrogens is 1. The molecule has 1 fully saturated rings. The summed E-state index contributed by atoms with van der Waals surface area (Å²) in [4.78, 5) is 25.0. The number of nitrogens with one attached hydrogen (secondary N) is 2. The third-order valence-corrected chi connectivity index (χ3v) is 5.33. The Hall–Kier alpha value is -2.31. The number of aromatic nitrogens is 4. The molecule has 0 aromatic carbocycles. The summed E-state index contributed by atoms with van der Waals surface area (Å²) in [7, 11) is 0. The third-order valence-electron chi connectivity index (χ3n) is 5.33. The third kappa shape index (κ3) is 2.30. The molecule has 0 bridgehead atoms. The van der Waals surface area contributed by atoms with Gasteiger partial charge in [-0.1, -0.05) is 12.8 Å². The Morgan fingerprint density at radius 1 is 1.29 bits per heavy atom. The van der Waals surface area contributed by atoms with Crippen LogP contribution in [0.1, 0.15) is 67.8 Å². The van der Waals surface area contributed by atoms with E-state index < -0.39 is 0 Å². The second-order valence-corrected chi connectivity index (χ2v) is 6.84. The van der Waals surface area contributed by atoms with Crippen molar-refractivity contribution < 1.29 is 4.79 Å². The first-order valence-corrected chi connectivity index (χ1v) is 8.76. The number of fused-ring (bicyclic) bond motifs is 1. The van der Waals surface area contributed by atoms with Gasteiger partial charge in [0.1, 0.15) is 5.82 Å². The van der Waals surface area contributed by atoms with Gasteiger partial charge in [-0.25, -0.2) is 0 Å². The van der Waals surface area contributed by atoms with Crippen LogP contribution in [0.2, 0.25) is 0 Å². The smallest absolute Gasteiger partial charge is 0.270 e. The summed E-state index contributed by atoms with van der Waals surface area (Å²) in [5, 5.41) is 10.4. The largest absolute Gasteiger partial charge is 0.311 e. The van der Waals surface area contributed by atoms with Crippen molar-refractivity contribution in [1.82, 2.24) is 19.6 Å². The molecular formula is C17H23N5O2. The van der Waals surface area contributed by atoms with E-state index in [4.69, 9.17) is 0 Å². The van der Waals surface area contributed by atoms with Crippen molar-refractivity contribution in [2.45, 2.75) is 64.5 Å². The van der Waals surface area contributed by atoms with Gasteiger partial charge >= 0.3 is 0 Å². The molecule has 1 aliphatic heterocycles. The molecule has 7 nitrogen and oxygen atoms in total. The Balaban J connectivity index is 1.83. The molecular weight excluding hydrogens is 306 g/mol. The van der Waals surface area contributed by atoms with Gasteiger partial charge in [-0.05, 0) is 26.7 Å². The van der Waals surface area contributed by atoms with Crippen LogP contribution in [0.5, 0.6) is 0 Å². The van der Waals surface area contributed by atoms with E-state index in [2.05, 4.69) is 15.5 Å². The van der Waals surface area contributed by atoms with E-state index in [-0.39, 0.29) is 23.4 Å². The Bertz CT molecular complexity index is 838. The van der Waals surface area contributed by atoms with Gasteiger partial charge in [-0.15, -0.1) is 0 Å². The predicted octanol–water partition coefficient (Wildman–Crippen LogP) is 2.29. The first-order valence-electron chi connectivity index (χ1n) is 8.76. The fraction of sp³-hybridized carbons (Fsp3) is 0.588. The number of hydrogen-bond donors (Lipinski definition) is 2. The molecule has 0 unspecified atom stereocenters. The van der Waals surface area contributed by atoms with E-state index in [9.17, 15) is 9.59 Å². The summed E-state index contributed by atoms with van der Waals surface area (Å²) in [6, 6.07) is 0.278. The number of rotatable bonds is 3. The van der Waals surface area contributed by atoms with E-state index in [0.29, 0.717) is 17.8 Å². The topological polar surface area (TPSA) is 84.7 Å². The van der Waals surface area contributed by atoms with Crippen LogP contribution in [0.15, 0.2) is 11.0 Å². The van der Waals surface area contributed by atoms with E-state index in [0.717, 1.165) is 30.6 Å². The van der Waals surface area contributed by atoms with Crippen molar-refractivity contribution in [2.75, 3.05) is 5.32 Å². The normalized spacial score (nSPS) is 21.1. The number of aromatic amines is 1. The van der Waals surface area contributed by atoms with Gasteiger partial charge < -0.3 is 5.32 Å². The standard InChI is InChI=1S/C17H23N5O2/c1-3-21-9-13(10(2)19-21)12-8-14(23)18-16-15(12)17(24)20-22(16)11-6-4-5-7-11/h9,11-12H,3-8H2,1-2H3,(H,18,23)(H,20,24)/t12-/m1/s1. The minimum atomic E-state index is -0.222. The summed E-state index contributed by atoms with van der Waals surface area (Å²) in [6.07, 6.45) is 6.68. The lowest BCUT2D eigenvalue weighted by Crippen LogP contribution is -2.27. The van der Waals surface area contributed by atoms with Gasteiger partial charge in [0.25, 0.3) is 5.56 Å². The molecule has 7 heteroatoms. The zero-order valence-corrected chi connectivity index (χ0v) is 14.1. The Kier molecular flexibility index (Phi) is 3.58. The van der Waals surface area contributed by atoms with Crippen molar-refractivity contribution in [3.05, 3.63) is 33.4 Å². The molecule has 2 N–H and O–H groups in total. The van der Waals surface area contributed by atoms with Gasteiger partial charge in [-0.2, -0.15) is 5.10 Å². The molecule has 2 aliphatic rings. The highest BCUT2D eigenvalue weighted by molar-refractivity contribution is 5.94.